The molecule has 0 aliphatic carbocycles. The molecule has 108 valence electrons. The molecule has 0 saturated heterocycles. The van der Waals surface area contributed by atoms with Gasteiger partial charge in [-0.1, -0.05) is 18.2 Å². The lowest BCUT2D eigenvalue weighted by Gasteiger charge is -2.07. The standard InChI is InChI=1S/C17H18N2OS/c1-11-8-9-13(19(11)3)10-18-17(20)16-12(2)14-6-4-5-7-15(14)21-16/h4-9H,10H2,1-3H3,(H,18,20). The van der Waals surface area contributed by atoms with Crippen LogP contribution in [0.2, 0.25) is 0 Å². The van der Waals surface area contributed by atoms with E-state index >= 15 is 0 Å². The molecule has 3 nitrogen and oxygen atoms in total. The van der Waals surface area contributed by atoms with Gasteiger partial charge in [0.15, 0.2) is 0 Å². The summed E-state index contributed by atoms with van der Waals surface area (Å²) in [7, 11) is 2.02. The zero-order valence-corrected chi connectivity index (χ0v) is 13.3. The Morgan fingerprint density at radius 1 is 1.19 bits per heavy atom. The monoisotopic (exact) mass is 298 g/mol. The maximum atomic E-state index is 12.4. The van der Waals surface area contributed by atoms with E-state index in [-0.39, 0.29) is 5.91 Å². The van der Waals surface area contributed by atoms with E-state index in [2.05, 4.69) is 35.0 Å². The average molecular weight is 298 g/mol. The molecule has 0 radical (unpaired) electrons. The van der Waals surface area contributed by atoms with Crippen LogP contribution in [0, 0.1) is 13.8 Å². The minimum atomic E-state index is 0.00699. The van der Waals surface area contributed by atoms with Crippen LogP contribution in [0.15, 0.2) is 36.4 Å². The van der Waals surface area contributed by atoms with Crippen LogP contribution in [0.1, 0.15) is 26.6 Å². The zero-order valence-electron chi connectivity index (χ0n) is 12.4. The molecule has 0 unspecified atom stereocenters. The third kappa shape index (κ3) is 2.47. The minimum Gasteiger partial charge on any atom is -0.350 e. The van der Waals surface area contributed by atoms with Crippen LogP contribution < -0.4 is 5.32 Å². The average Bonchev–Trinajstić information content (AvgIpc) is 2.99. The van der Waals surface area contributed by atoms with Crippen molar-refractivity contribution in [1.82, 2.24) is 9.88 Å². The molecule has 2 aromatic heterocycles. The number of benzene rings is 1. The van der Waals surface area contributed by atoms with E-state index < -0.39 is 0 Å². The summed E-state index contributed by atoms with van der Waals surface area (Å²) in [6, 6.07) is 12.3. The first kappa shape index (κ1) is 13.9. The number of fused-ring (bicyclic) bond motifs is 1. The number of nitrogens with zero attached hydrogens (tertiary/aromatic N) is 1. The van der Waals surface area contributed by atoms with Crippen LogP contribution in [0.25, 0.3) is 10.1 Å². The van der Waals surface area contributed by atoms with Crippen molar-refractivity contribution in [3.8, 4) is 0 Å². The molecule has 0 fully saturated rings. The molecule has 0 saturated carbocycles. The topological polar surface area (TPSA) is 34.0 Å². The van der Waals surface area contributed by atoms with Gasteiger partial charge in [-0.15, -0.1) is 11.3 Å². The second kappa shape index (κ2) is 5.37. The van der Waals surface area contributed by atoms with Gasteiger partial charge in [0.05, 0.1) is 11.4 Å². The second-order valence-corrected chi connectivity index (χ2v) is 6.31. The molecule has 0 atom stereocenters. The summed E-state index contributed by atoms with van der Waals surface area (Å²) in [5.74, 6) is 0.00699. The number of hydrogen-bond acceptors (Lipinski definition) is 2. The third-order valence-electron chi connectivity index (χ3n) is 3.96. The van der Waals surface area contributed by atoms with Crippen LogP contribution >= 0.6 is 11.3 Å². The Kier molecular flexibility index (Phi) is 3.55. The fraction of sp³-hybridized carbons (Fsp3) is 0.235. The molecule has 0 aliphatic rings. The van der Waals surface area contributed by atoms with Gasteiger partial charge in [-0.25, -0.2) is 0 Å². The normalized spacial score (nSPS) is 11.0. The molecule has 3 aromatic rings. The van der Waals surface area contributed by atoms with Gasteiger partial charge in [-0.3, -0.25) is 4.79 Å². The smallest absolute Gasteiger partial charge is 0.261 e. The molecular weight excluding hydrogens is 280 g/mol. The molecule has 0 bridgehead atoms. The lowest BCUT2D eigenvalue weighted by molar-refractivity contribution is 0.0953. The van der Waals surface area contributed by atoms with E-state index in [1.54, 1.807) is 11.3 Å². The highest BCUT2D eigenvalue weighted by Gasteiger charge is 2.15. The number of amides is 1. The van der Waals surface area contributed by atoms with E-state index in [9.17, 15) is 4.79 Å². The zero-order chi connectivity index (χ0) is 15.0. The van der Waals surface area contributed by atoms with Crippen LogP contribution in [0.5, 0.6) is 0 Å². The van der Waals surface area contributed by atoms with Gasteiger partial charge < -0.3 is 9.88 Å². The summed E-state index contributed by atoms with van der Waals surface area (Å²) < 4.78 is 3.26. The Bertz CT molecular complexity index is 813. The Hall–Kier alpha value is -2.07. The van der Waals surface area contributed by atoms with Gasteiger partial charge in [0.2, 0.25) is 0 Å². The lowest BCUT2D eigenvalue weighted by Crippen LogP contribution is -2.23. The Morgan fingerprint density at radius 2 is 1.95 bits per heavy atom. The molecule has 3 rings (SSSR count). The van der Waals surface area contributed by atoms with E-state index in [1.165, 1.54) is 11.1 Å². The number of aryl methyl sites for hydroxylation is 2. The number of thiophene rings is 1. The summed E-state index contributed by atoms with van der Waals surface area (Å²) in [6.45, 7) is 4.62. The van der Waals surface area contributed by atoms with Crippen molar-refractivity contribution in [3.63, 3.8) is 0 Å². The molecular formula is C17H18N2OS. The fourth-order valence-electron chi connectivity index (χ4n) is 2.49. The third-order valence-corrected chi connectivity index (χ3v) is 5.23. The Morgan fingerprint density at radius 3 is 2.62 bits per heavy atom. The lowest BCUT2D eigenvalue weighted by atomic mass is 10.1. The molecule has 1 amide bonds. The van der Waals surface area contributed by atoms with Crippen molar-refractivity contribution >= 4 is 27.3 Å². The Labute approximate surface area is 128 Å². The van der Waals surface area contributed by atoms with Crippen LogP contribution in [-0.4, -0.2) is 10.5 Å². The van der Waals surface area contributed by atoms with Crippen LogP contribution in [0.4, 0.5) is 0 Å². The summed E-state index contributed by atoms with van der Waals surface area (Å²) in [5, 5.41) is 4.19. The molecule has 2 heterocycles. The summed E-state index contributed by atoms with van der Waals surface area (Å²) in [4.78, 5) is 13.2. The van der Waals surface area contributed by atoms with Gasteiger partial charge in [0, 0.05) is 23.1 Å². The first-order valence-electron chi connectivity index (χ1n) is 6.95. The highest BCUT2D eigenvalue weighted by Crippen LogP contribution is 2.30. The molecule has 21 heavy (non-hydrogen) atoms. The predicted octanol–water partition coefficient (Wildman–Crippen LogP) is 3.79. The van der Waals surface area contributed by atoms with E-state index in [0.717, 1.165) is 20.8 Å². The first-order valence-corrected chi connectivity index (χ1v) is 7.77. The van der Waals surface area contributed by atoms with Crippen molar-refractivity contribution in [2.75, 3.05) is 0 Å². The van der Waals surface area contributed by atoms with E-state index in [4.69, 9.17) is 0 Å². The number of nitrogens with one attached hydrogen (secondary N) is 1. The number of carbonyl (C=O) groups is 1. The predicted molar refractivity (Wildman–Crippen MR) is 87.9 cm³/mol. The number of carbonyl (C=O) groups excluding carboxylic acids is 1. The molecule has 1 aromatic carbocycles. The van der Waals surface area contributed by atoms with Gasteiger partial charge >= 0.3 is 0 Å². The van der Waals surface area contributed by atoms with Gasteiger partial charge in [0.1, 0.15) is 0 Å². The van der Waals surface area contributed by atoms with Crippen molar-refractivity contribution in [3.05, 3.63) is 58.2 Å². The van der Waals surface area contributed by atoms with Gasteiger partial charge in [-0.2, -0.15) is 0 Å². The van der Waals surface area contributed by atoms with Crippen molar-refractivity contribution < 1.29 is 4.79 Å². The van der Waals surface area contributed by atoms with Crippen molar-refractivity contribution in [2.24, 2.45) is 7.05 Å². The SMILES string of the molecule is Cc1c(C(=O)NCc2ccc(C)n2C)sc2ccccc12. The highest BCUT2D eigenvalue weighted by molar-refractivity contribution is 7.21. The molecule has 1 N–H and O–H groups in total. The first-order chi connectivity index (χ1) is 10.1. The maximum Gasteiger partial charge on any atom is 0.261 e. The van der Waals surface area contributed by atoms with Crippen molar-refractivity contribution in [1.29, 1.82) is 0 Å². The highest BCUT2D eigenvalue weighted by atomic mass is 32.1. The Balaban J connectivity index is 1.81. The molecule has 0 aliphatic heterocycles. The number of rotatable bonds is 3. The minimum absolute atomic E-state index is 0.00699. The van der Waals surface area contributed by atoms with Crippen LogP contribution in [0.3, 0.4) is 0 Å². The van der Waals surface area contributed by atoms with Crippen LogP contribution in [-0.2, 0) is 13.6 Å². The second-order valence-electron chi connectivity index (χ2n) is 5.26. The number of aromatic nitrogens is 1. The number of hydrogen-bond donors (Lipinski definition) is 1. The summed E-state index contributed by atoms with van der Waals surface area (Å²) in [5.41, 5.74) is 3.37. The quantitative estimate of drug-likeness (QED) is 0.784. The summed E-state index contributed by atoms with van der Waals surface area (Å²) in [6.07, 6.45) is 0. The van der Waals surface area contributed by atoms with E-state index in [0.29, 0.717) is 6.54 Å². The van der Waals surface area contributed by atoms with E-state index in [1.807, 2.05) is 32.2 Å². The molecule has 4 heteroatoms. The summed E-state index contributed by atoms with van der Waals surface area (Å²) >= 11 is 1.56. The maximum absolute atomic E-state index is 12.4. The largest absolute Gasteiger partial charge is 0.350 e. The molecule has 0 spiro atoms. The van der Waals surface area contributed by atoms with Gasteiger partial charge in [-0.05, 0) is 43.0 Å². The fourth-order valence-corrected chi connectivity index (χ4v) is 3.61. The van der Waals surface area contributed by atoms with Gasteiger partial charge in [0.25, 0.3) is 5.91 Å². The van der Waals surface area contributed by atoms with Crippen molar-refractivity contribution in [2.45, 2.75) is 20.4 Å².